The second-order valence-electron chi connectivity index (χ2n) is 9.79. The van der Waals surface area contributed by atoms with E-state index in [4.69, 9.17) is 4.98 Å². The molecule has 4 rings (SSSR count). The van der Waals surface area contributed by atoms with Gasteiger partial charge in [0.05, 0.1) is 0 Å². The Labute approximate surface area is 227 Å². The number of unbranched alkanes of at least 4 members (excludes halogenated alkanes) is 1. The number of aliphatic carboxylic acids is 1. The van der Waals surface area contributed by atoms with E-state index in [9.17, 15) is 18.7 Å². The monoisotopic (exact) mass is 538 g/mol. The quantitative estimate of drug-likeness (QED) is 0.229. The molecule has 3 N–H and O–H groups in total. The van der Waals surface area contributed by atoms with Crippen LogP contribution in [0.15, 0.2) is 55.0 Å². The fourth-order valence-corrected chi connectivity index (χ4v) is 4.77. The Morgan fingerprint density at radius 1 is 1.08 bits per heavy atom. The summed E-state index contributed by atoms with van der Waals surface area (Å²) in [5.74, 6) is 0.381. The maximum atomic E-state index is 13.0. The normalized spacial score (nSPS) is 13.6. The first-order valence-corrected chi connectivity index (χ1v) is 13.6. The van der Waals surface area contributed by atoms with Crippen LogP contribution in [0.25, 0.3) is 11.1 Å². The van der Waals surface area contributed by atoms with Gasteiger partial charge in [-0.15, -0.1) is 0 Å². The first-order valence-electron chi connectivity index (χ1n) is 13.6. The molecule has 0 saturated carbocycles. The number of carboxylic acids is 1. The Balaban J connectivity index is 1.32. The number of alkyl halides is 2. The molecule has 1 aliphatic rings. The third-order valence-electron chi connectivity index (χ3n) is 6.91. The average molecular weight is 539 g/mol. The zero-order chi connectivity index (χ0) is 27.5. The lowest BCUT2D eigenvalue weighted by atomic mass is 10.1. The topological polar surface area (TPSA) is 103 Å². The second kappa shape index (κ2) is 14.5. The highest BCUT2D eigenvalue weighted by Crippen LogP contribution is 2.26. The first kappa shape index (κ1) is 28.4. The van der Waals surface area contributed by atoms with Gasteiger partial charge in [0.2, 0.25) is 6.43 Å². The molecule has 39 heavy (non-hydrogen) atoms. The molecule has 10 heteroatoms. The third kappa shape index (κ3) is 8.68. The van der Waals surface area contributed by atoms with E-state index in [0.717, 1.165) is 55.7 Å². The van der Waals surface area contributed by atoms with Gasteiger partial charge in [-0.25, -0.2) is 28.5 Å². The van der Waals surface area contributed by atoms with E-state index in [2.05, 4.69) is 32.7 Å². The number of benzene rings is 1. The summed E-state index contributed by atoms with van der Waals surface area (Å²) >= 11 is 0. The number of rotatable bonds is 15. The van der Waals surface area contributed by atoms with Gasteiger partial charge in [0.15, 0.2) is 0 Å². The van der Waals surface area contributed by atoms with Gasteiger partial charge in [-0.2, -0.15) is 0 Å². The highest BCUT2D eigenvalue weighted by Gasteiger charge is 2.21. The summed E-state index contributed by atoms with van der Waals surface area (Å²) in [4.78, 5) is 27.1. The number of hydrogen-bond donors (Lipinski definition) is 3. The molecule has 208 valence electrons. The number of fused-ring (bicyclic) bond motifs is 1. The third-order valence-corrected chi connectivity index (χ3v) is 6.91. The summed E-state index contributed by atoms with van der Waals surface area (Å²) in [6.07, 6.45) is 5.28. The SMILES string of the molecule is O=C(O)C(CCN(CCCCc1ccc2c(n1)NCCC2)CCC(F)F)Nc1ncncc1-c1ccccc1. The fraction of sp³-hybridized carbons (Fsp3) is 0.448. The van der Waals surface area contributed by atoms with Gasteiger partial charge in [-0.05, 0) is 62.3 Å². The molecule has 3 heterocycles. The van der Waals surface area contributed by atoms with Crippen LogP contribution >= 0.6 is 0 Å². The summed E-state index contributed by atoms with van der Waals surface area (Å²) in [5.41, 5.74) is 3.84. The molecule has 1 unspecified atom stereocenters. The summed E-state index contributed by atoms with van der Waals surface area (Å²) < 4.78 is 26.0. The van der Waals surface area contributed by atoms with E-state index in [0.29, 0.717) is 24.5 Å². The van der Waals surface area contributed by atoms with Gasteiger partial charge in [-0.1, -0.05) is 36.4 Å². The largest absolute Gasteiger partial charge is 0.480 e. The molecule has 0 bridgehead atoms. The number of aromatic nitrogens is 3. The van der Waals surface area contributed by atoms with Crippen LogP contribution in [0.1, 0.15) is 43.4 Å². The van der Waals surface area contributed by atoms with Gasteiger partial charge in [0.25, 0.3) is 0 Å². The van der Waals surface area contributed by atoms with Crippen molar-refractivity contribution >= 4 is 17.6 Å². The highest BCUT2D eigenvalue weighted by molar-refractivity contribution is 5.81. The molecule has 8 nitrogen and oxygen atoms in total. The fourth-order valence-electron chi connectivity index (χ4n) is 4.77. The van der Waals surface area contributed by atoms with E-state index < -0.39 is 18.4 Å². The van der Waals surface area contributed by atoms with Crippen molar-refractivity contribution in [1.82, 2.24) is 19.9 Å². The van der Waals surface area contributed by atoms with Crippen molar-refractivity contribution < 1.29 is 18.7 Å². The van der Waals surface area contributed by atoms with Crippen LogP contribution in [0.3, 0.4) is 0 Å². The number of nitrogens with one attached hydrogen (secondary N) is 2. The number of aryl methyl sites for hydroxylation is 2. The zero-order valence-electron chi connectivity index (χ0n) is 22.0. The highest BCUT2D eigenvalue weighted by atomic mass is 19.3. The number of halogens is 2. The maximum absolute atomic E-state index is 13.0. The molecule has 1 aromatic carbocycles. The van der Waals surface area contributed by atoms with Crippen LogP contribution in [0.5, 0.6) is 0 Å². The van der Waals surface area contributed by atoms with Crippen molar-refractivity contribution in [3.63, 3.8) is 0 Å². The number of nitrogens with zero attached hydrogens (tertiary/aromatic N) is 4. The molecule has 3 aromatic rings. The van der Waals surface area contributed by atoms with Crippen LogP contribution < -0.4 is 10.6 Å². The van der Waals surface area contributed by atoms with Gasteiger partial charge in [-0.3, -0.25) is 0 Å². The smallest absolute Gasteiger partial charge is 0.326 e. The molecule has 2 aromatic heterocycles. The Morgan fingerprint density at radius 3 is 2.69 bits per heavy atom. The predicted molar refractivity (Wildman–Crippen MR) is 148 cm³/mol. The summed E-state index contributed by atoms with van der Waals surface area (Å²) in [6, 6.07) is 12.8. The average Bonchev–Trinajstić information content (AvgIpc) is 2.95. The lowest BCUT2D eigenvalue weighted by Gasteiger charge is -2.25. The van der Waals surface area contributed by atoms with Crippen LogP contribution in [0.2, 0.25) is 0 Å². The van der Waals surface area contributed by atoms with Gasteiger partial charge < -0.3 is 20.6 Å². The van der Waals surface area contributed by atoms with Crippen molar-refractivity contribution in [1.29, 1.82) is 0 Å². The summed E-state index contributed by atoms with van der Waals surface area (Å²) in [6.45, 7) is 2.15. The van der Waals surface area contributed by atoms with Gasteiger partial charge in [0, 0.05) is 43.5 Å². The van der Waals surface area contributed by atoms with Crippen molar-refractivity contribution in [2.75, 3.05) is 36.8 Å². The number of hydrogen-bond acceptors (Lipinski definition) is 7. The van der Waals surface area contributed by atoms with Crippen LogP contribution in [0.4, 0.5) is 20.4 Å². The van der Waals surface area contributed by atoms with Gasteiger partial charge >= 0.3 is 5.97 Å². The second-order valence-corrected chi connectivity index (χ2v) is 9.79. The number of pyridine rings is 1. The summed E-state index contributed by atoms with van der Waals surface area (Å²) in [5, 5.41) is 16.3. The van der Waals surface area contributed by atoms with Crippen LogP contribution in [-0.4, -0.2) is 69.6 Å². The first-order chi connectivity index (χ1) is 19.0. The standard InChI is InChI=1S/C29H36F2N6O2/c30-26(31)14-18-37(16-5-4-10-23-12-11-22-9-6-15-33-27(22)35-23)17-13-25(29(38)39)36-28-24(19-32-20-34-28)21-7-2-1-3-8-21/h1-3,7-8,11-12,19-20,25-26H,4-6,9-10,13-18H2,(H,33,35)(H,38,39)(H,32,34,36). The minimum Gasteiger partial charge on any atom is -0.480 e. The minimum absolute atomic E-state index is 0.216. The van der Waals surface area contributed by atoms with Crippen LogP contribution in [-0.2, 0) is 17.6 Å². The lowest BCUT2D eigenvalue weighted by Crippen LogP contribution is -2.36. The molecule has 0 fully saturated rings. The number of carboxylic acid groups (broad SMARTS) is 1. The minimum atomic E-state index is -2.40. The predicted octanol–water partition coefficient (Wildman–Crippen LogP) is 5.13. The molecule has 0 saturated heterocycles. The van der Waals surface area contributed by atoms with E-state index in [1.54, 1.807) is 6.20 Å². The molecule has 0 aliphatic carbocycles. The van der Waals surface area contributed by atoms with Crippen molar-refractivity contribution in [3.8, 4) is 11.1 Å². The van der Waals surface area contributed by atoms with Gasteiger partial charge in [0.1, 0.15) is 24.0 Å². The molecule has 0 spiro atoms. The molecule has 1 aliphatic heterocycles. The van der Waals surface area contributed by atoms with E-state index in [1.807, 2.05) is 35.2 Å². The van der Waals surface area contributed by atoms with E-state index >= 15 is 0 Å². The molecular weight excluding hydrogens is 502 g/mol. The van der Waals surface area contributed by atoms with Crippen molar-refractivity contribution in [3.05, 3.63) is 66.2 Å². The summed E-state index contributed by atoms with van der Waals surface area (Å²) in [7, 11) is 0. The Hall–Kier alpha value is -3.66. The van der Waals surface area contributed by atoms with E-state index in [-0.39, 0.29) is 19.4 Å². The Kier molecular flexibility index (Phi) is 10.5. The molecular formula is C29H36F2N6O2. The Morgan fingerprint density at radius 2 is 1.90 bits per heavy atom. The molecule has 1 atom stereocenters. The number of anilines is 2. The van der Waals surface area contributed by atoms with Crippen molar-refractivity contribution in [2.24, 2.45) is 0 Å². The van der Waals surface area contributed by atoms with E-state index in [1.165, 1.54) is 11.9 Å². The van der Waals surface area contributed by atoms with Crippen LogP contribution in [0, 0.1) is 0 Å². The Bertz CT molecular complexity index is 1200. The molecule has 0 amide bonds. The molecule has 0 radical (unpaired) electrons. The maximum Gasteiger partial charge on any atom is 0.326 e. The van der Waals surface area contributed by atoms with Crippen molar-refractivity contribution in [2.45, 2.75) is 57.4 Å². The lowest BCUT2D eigenvalue weighted by molar-refractivity contribution is -0.138. The number of carbonyl (C=O) groups is 1. The zero-order valence-corrected chi connectivity index (χ0v) is 22.0.